The van der Waals surface area contributed by atoms with Crippen LogP contribution in [0.2, 0.25) is 0 Å². The number of carbonyl (C=O) groups is 3. The second kappa shape index (κ2) is 10.1. The maximum absolute atomic E-state index is 12.9. The third-order valence-corrected chi connectivity index (χ3v) is 5.70. The van der Waals surface area contributed by atoms with Crippen LogP contribution >= 0.6 is 0 Å². The molecule has 0 bridgehead atoms. The Hall–Kier alpha value is -4.01. The van der Waals surface area contributed by atoms with Crippen molar-refractivity contribution in [3.63, 3.8) is 0 Å². The first-order valence-electron chi connectivity index (χ1n) is 11.2. The number of hydrogen-bond acceptors (Lipinski definition) is 8. The average molecular weight is 474 g/mol. The predicted octanol–water partition coefficient (Wildman–Crippen LogP) is 3.42. The third-order valence-electron chi connectivity index (χ3n) is 5.70. The van der Waals surface area contributed by atoms with Gasteiger partial charge >= 0.3 is 17.9 Å². The van der Waals surface area contributed by atoms with Gasteiger partial charge in [-0.15, -0.1) is 0 Å². The highest BCUT2D eigenvalue weighted by Crippen LogP contribution is 2.39. The summed E-state index contributed by atoms with van der Waals surface area (Å²) in [5, 5.41) is 0. The van der Waals surface area contributed by atoms with Crippen LogP contribution in [-0.4, -0.2) is 55.2 Å². The fourth-order valence-corrected chi connectivity index (χ4v) is 3.86. The number of esters is 3. The molecule has 178 valence electrons. The van der Waals surface area contributed by atoms with E-state index in [1.165, 1.54) is 0 Å². The summed E-state index contributed by atoms with van der Waals surface area (Å²) >= 11 is 0. The predicted molar refractivity (Wildman–Crippen MR) is 122 cm³/mol. The molecule has 3 aromatic carbocycles. The zero-order chi connectivity index (χ0) is 24.2. The van der Waals surface area contributed by atoms with Crippen LogP contribution in [0.4, 0.5) is 0 Å². The van der Waals surface area contributed by atoms with Gasteiger partial charge in [0, 0.05) is 0 Å². The summed E-state index contributed by atoms with van der Waals surface area (Å²) < 4.78 is 28.3. The first-order valence-corrected chi connectivity index (χ1v) is 11.2. The highest BCUT2D eigenvalue weighted by molar-refractivity contribution is 5.91. The molecule has 0 amide bonds. The Kier molecular flexibility index (Phi) is 6.56. The summed E-state index contributed by atoms with van der Waals surface area (Å²) in [5.74, 6) is -1.77. The van der Waals surface area contributed by atoms with E-state index < -0.39 is 48.6 Å². The van der Waals surface area contributed by atoms with Crippen molar-refractivity contribution < 1.29 is 38.1 Å². The van der Waals surface area contributed by atoms with Crippen molar-refractivity contribution in [2.45, 2.75) is 30.7 Å². The Labute approximate surface area is 201 Å². The minimum atomic E-state index is -1.07. The minimum Gasteiger partial charge on any atom is -0.459 e. The maximum atomic E-state index is 12.9. The lowest BCUT2D eigenvalue weighted by Crippen LogP contribution is -2.53. The van der Waals surface area contributed by atoms with Crippen molar-refractivity contribution in [1.29, 1.82) is 0 Å². The smallest absolute Gasteiger partial charge is 0.338 e. The molecule has 2 saturated heterocycles. The molecule has 5 atom stereocenters. The molecular formula is C27H22O8. The van der Waals surface area contributed by atoms with Gasteiger partial charge in [-0.2, -0.15) is 0 Å². The molecule has 0 unspecified atom stereocenters. The van der Waals surface area contributed by atoms with Crippen LogP contribution in [0.15, 0.2) is 91.0 Å². The fraction of sp³-hybridized carbons (Fsp3) is 0.222. The molecule has 0 aliphatic carbocycles. The van der Waals surface area contributed by atoms with E-state index in [-0.39, 0.29) is 6.61 Å². The molecule has 0 N–H and O–H groups in total. The first-order chi connectivity index (χ1) is 17.1. The monoisotopic (exact) mass is 474 g/mol. The Morgan fingerprint density at radius 1 is 0.600 bits per heavy atom. The first kappa shape index (κ1) is 22.8. The summed E-state index contributed by atoms with van der Waals surface area (Å²) in [6.45, 7) is -0.230. The molecule has 2 aliphatic rings. The van der Waals surface area contributed by atoms with Gasteiger partial charge in [0.1, 0.15) is 12.7 Å². The van der Waals surface area contributed by atoms with Crippen LogP contribution < -0.4 is 0 Å². The zero-order valence-electron chi connectivity index (χ0n) is 18.5. The second-order valence-corrected chi connectivity index (χ2v) is 8.08. The maximum Gasteiger partial charge on any atom is 0.338 e. The molecule has 2 fully saturated rings. The molecule has 5 rings (SSSR count). The Bertz CT molecular complexity index is 1180. The molecule has 8 heteroatoms. The van der Waals surface area contributed by atoms with Gasteiger partial charge in [-0.05, 0) is 36.4 Å². The highest BCUT2D eigenvalue weighted by atomic mass is 16.8. The standard InChI is InChI=1S/C27H22O8/c28-24(17-10-4-1-5-11-17)31-16-20-21(33-25(29)18-12-6-2-7-13-18)22(23-27(32-20)35-23)34-26(30)19-14-8-3-9-15-19/h1-15,20-23,27H,16H2/t20-,21+,22+,23-,27+/m1/s1. The number of carbonyl (C=O) groups excluding carboxylic acids is 3. The van der Waals surface area contributed by atoms with Gasteiger partial charge in [-0.3, -0.25) is 0 Å². The van der Waals surface area contributed by atoms with Crippen molar-refractivity contribution in [2.24, 2.45) is 0 Å². The molecule has 35 heavy (non-hydrogen) atoms. The molecule has 8 nitrogen and oxygen atoms in total. The number of rotatable bonds is 7. The molecule has 3 aromatic rings. The van der Waals surface area contributed by atoms with Gasteiger partial charge in [0.2, 0.25) is 0 Å². The molecule has 2 aliphatic heterocycles. The van der Waals surface area contributed by atoms with Gasteiger partial charge in [-0.25, -0.2) is 14.4 Å². The number of epoxide rings is 1. The lowest BCUT2D eigenvalue weighted by molar-refractivity contribution is -0.150. The summed E-state index contributed by atoms with van der Waals surface area (Å²) in [6.07, 6.45) is -4.18. The number of fused-ring (bicyclic) bond motifs is 1. The van der Waals surface area contributed by atoms with E-state index in [0.717, 1.165) is 0 Å². The van der Waals surface area contributed by atoms with E-state index in [4.69, 9.17) is 23.7 Å². The molecule has 0 radical (unpaired) electrons. The normalized spacial score (nSPS) is 24.5. The van der Waals surface area contributed by atoms with Gasteiger partial charge in [0.15, 0.2) is 24.6 Å². The van der Waals surface area contributed by atoms with Crippen LogP contribution in [0.5, 0.6) is 0 Å². The largest absolute Gasteiger partial charge is 0.459 e. The van der Waals surface area contributed by atoms with E-state index in [9.17, 15) is 14.4 Å². The topological polar surface area (TPSA) is 101 Å². The fourth-order valence-electron chi connectivity index (χ4n) is 3.86. The van der Waals surface area contributed by atoms with E-state index in [1.54, 1.807) is 91.0 Å². The SMILES string of the molecule is O=C(OC[C@H]1O[C@H]2O[C@@H]2[C@@H](OC(=O)c2ccccc2)[C@H]1OC(=O)c1ccccc1)c1ccccc1. The second-order valence-electron chi connectivity index (χ2n) is 8.08. The van der Waals surface area contributed by atoms with Gasteiger partial charge in [0.25, 0.3) is 0 Å². The van der Waals surface area contributed by atoms with Crippen molar-refractivity contribution in [2.75, 3.05) is 6.61 Å². The third kappa shape index (κ3) is 5.24. The van der Waals surface area contributed by atoms with E-state index >= 15 is 0 Å². The van der Waals surface area contributed by atoms with Crippen molar-refractivity contribution in [3.8, 4) is 0 Å². The van der Waals surface area contributed by atoms with E-state index in [1.807, 2.05) is 0 Å². The number of benzene rings is 3. The van der Waals surface area contributed by atoms with Gasteiger partial charge in [-0.1, -0.05) is 54.6 Å². The zero-order valence-corrected chi connectivity index (χ0v) is 18.5. The van der Waals surface area contributed by atoms with Crippen molar-refractivity contribution >= 4 is 17.9 Å². The summed E-state index contributed by atoms with van der Waals surface area (Å²) in [5.41, 5.74) is 1.03. The van der Waals surface area contributed by atoms with Gasteiger partial charge < -0.3 is 23.7 Å². The van der Waals surface area contributed by atoms with Crippen LogP contribution in [0.3, 0.4) is 0 Å². The van der Waals surface area contributed by atoms with Crippen LogP contribution in [0.25, 0.3) is 0 Å². The van der Waals surface area contributed by atoms with Crippen molar-refractivity contribution in [1.82, 2.24) is 0 Å². The number of ether oxygens (including phenoxy) is 5. The molecular weight excluding hydrogens is 452 g/mol. The summed E-state index contributed by atoms with van der Waals surface area (Å²) in [7, 11) is 0. The Balaban J connectivity index is 1.36. The van der Waals surface area contributed by atoms with E-state index in [2.05, 4.69) is 0 Å². The molecule has 0 saturated carbocycles. The van der Waals surface area contributed by atoms with E-state index in [0.29, 0.717) is 16.7 Å². The lowest BCUT2D eigenvalue weighted by Gasteiger charge is -2.34. The highest BCUT2D eigenvalue weighted by Gasteiger charge is 2.60. The number of hydrogen-bond donors (Lipinski definition) is 0. The molecule has 0 spiro atoms. The Morgan fingerprint density at radius 2 is 1.06 bits per heavy atom. The molecule has 0 aromatic heterocycles. The van der Waals surface area contributed by atoms with Crippen LogP contribution in [0, 0.1) is 0 Å². The van der Waals surface area contributed by atoms with Gasteiger partial charge in [0.05, 0.1) is 16.7 Å². The average Bonchev–Trinajstić information content (AvgIpc) is 3.69. The summed E-state index contributed by atoms with van der Waals surface area (Å²) in [4.78, 5) is 38.1. The van der Waals surface area contributed by atoms with Crippen LogP contribution in [-0.2, 0) is 23.7 Å². The van der Waals surface area contributed by atoms with Crippen molar-refractivity contribution in [3.05, 3.63) is 108 Å². The summed E-state index contributed by atoms with van der Waals surface area (Å²) in [6, 6.07) is 25.4. The quantitative estimate of drug-likeness (QED) is 0.292. The molecule has 2 heterocycles. The van der Waals surface area contributed by atoms with Crippen LogP contribution in [0.1, 0.15) is 31.1 Å². The minimum absolute atomic E-state index is 0.230. The lowest BCUT2D eigenvalue weighted by atomic mass is 10.0. The Morgan fingerprint density at radius 3 is 1.57 bits per heavy atom.